The van der Waals surface area contributed by atoms with Crippen molar-refractivity contribution in [2.45, 2.75) is 25.2 Å². The molecule has 1 aromatic rings. The van der Waals surface area contributed by atoms with Gasteiger partial charge >= 0.3 is 0 Å². The molecule has 0 heterocycles. The number of benzene rings is 1. The summed E-state index contributed by atoms with van der Waals surface area (Å²) in [7, 11) is 1.76. The predicted molar refractivity (Wildman–Crippen MR) is 80.3 cm³/mol. The maximum Gasteiger partial charge on any atom is 0.0467 e. The molecule has 0 radical (unpaired) electrons. The van der Waals surface area contributed by atoms with Gasteiger partial charge < -0.3 is 10.1 Å². The molecule has 0 bridgehead atoms. The van der Waals surface area contributed by atoms with Crippen LogP contribution in [0, 0.1) is 5.41 Å². The lowest BCUT2D eigenvalue weighted by molar-refractivity contribution is 0.151. The molecular formula is C15H25NOS. The summed E-state index contributed by atoms with van der Waals surface area (Å²) in [4.78, 5) is 1.35. The average molecular weight is 267 g/mol. The van der Waals surface area contributed by atoms with Crippen molar-refractivity contribution < 1.29 is 4.74 Å². The van der Waals surface area contributed by atoms with Crippen molar-refractivity contribution in [3.8, 4) is 0 Å². The normalized spacial score (nSPS) is 11.7. The fourth-order valence-corrected chi connectivity index (χ4v) is 2.48. The third kappa shape index (κ3) is 7.04. The van der Waals surface area contributed by atoms with Crippen LogP contribution in [0.4, 0.5) is 0 Å². The molecule has 0 aliphatic carbocycles. The largest absolute Gasteiger partial charge is 0.385 e. The van der Waals surface area contributed by atoms with E-state index in [2.05, 4.69) is 49.5 Å². The van der Waals surface area contributed by atoms with Gasteiger partial charge in [0.15, 0.2) is 0 Å². The lowest BCUT2D eigenvalue weighted by Gasteiger charge is -2.24. The molecule has 3 heteroatoms. The summed E-state index contributed by atoms with van der Waals surface area (Å²) >= 11 is 1.90. The fourth-order valence-electron chi connectivity index (χ4n) is 1.65. The van der Waals surface area contributed by atoms with Crippen molar-refractivity contribution in [3.05, 3.63) is 30.3 Å². The highest BCUT2D eigenvalue weighted by atomic mass is 32.2. The SMILES string of the molecule is COCCC(C)(C)CNCCSc1ccccc1. The molecule has 18 heavy (non-hydrogen) atoms. The van der Waals surface area contributed by atoms with Crippen LogP contribution in [0.3, 0.4) is 0 Å². The summed E-state index contributed by atoms with van der Waals surface area (Å²) in [5.74, 6) is 1.12. The smallest absolute Gasteiger partial charge is 0.0467 e. The van der Waals surface area contributed by atoms with Crippen molar-refractivity contribution in [3.63, 3.8) is 0 Å². The minimum atomic E-state index is 0.313. The van der Waals surface area contributed by atoms with E-state index >= 15 is 0 Å². The Morgan fingerprint density at radius 3 is 2.61 bits per heavy atom. The van der Waals surface area contributed by atoms with Crippen molar-refractivity contribution in [2.24, 2.45) is 5.41 Å². The highest BCUT2D eigenvalue weighted by Gasteiger charge is 2.16. The molecule has 2 nitrogen and oxygen atoms in total. The molecule has 0 atom stereocenters. The van der Waals surface area contributed by atoms with Gasteiger partial charge in [0.25, 0.3) is 0 Å². The van der Waals surface area contributed by atoms with E-state index in [9.17, 15) is 0 Å². The van der Waals surface area contributed by atoms with E-state index in [1.807, 2.05) is 11.8 Å². The first-order valence-corrected chi connectivity index (χ1v) is 7.50. The number of ether oxygens (including phenoxy) is 1. The highest BCUT2D eigenvalue weighted by molar-refractivity contribution is 7.99. The van der Waals surface area contributed by atoms with Crippen molar-refractivity contribution in [1.82, 2.24) is 5.32 Å². The summed E-state index contributed by atoms with van der Waals surface area (Å²) in [6, 6.07) is 10.5. The Morgan fingerprint density at radius 2 is 1.94 bits per heavy atom. The maximum atomic E-state index is 5.13. The van der Waals surface area contributed by atoms with E-state index in [-0.39, 0.29) is 0 Å². The first-order valence-electron chi connectivity index (χ1n) is 6.51. The second kappa shape index (κ2) is 8.57. The van der Waals surface area contributed by atoms with E-state index in [1.54, 1.807) is 7.11 Å². The monoisotopic (exact) mass is 267 g/mol. The van der Waals surface area contributed by atoms with Gasteiger partial charge in [0.1, 0.15) is 0 Å². The molecule has 1 aromatic carbocycles. The standard InChI is InChI=1S/C15H25NOS/c1-15(2,9-11-17-3)13-16-10-12-18-14-7-5-4-6-8-14/h4-8,16H,9-13H2,1-3H3. The first kappa shape index (κ1) is 15.5. The number of nitrogens with one attached hydrogen (secondary N) is 1. The van der Waals surface area contributed by atoms with Crippen LogP contribution in [0.1, 0.15) is 20.3 Å². The third-order valence-electron chi connectivity index (χ3n) is 2.88. The Morgan fingerprint density at radius 1 is 1.22 bits per heavy atom. The predicted octanol–water partition coefficient (Wildman–Crippen LogP) is 3.43. The summed E-state index contributed by atoms with van der Waals surface area (Å²) < 4.78 is 5.13. The lowest BCUT2D eigenvalue weighted by Crippen LogP contribution is -2.31. The van der Waals surface area contributed by atoms with E-state index in [1.165, 1.54) is 4.90 Å². The van der Waals surface area contributed by atoms with Gasteiger partial charge in [-0.3, -0.25) is 0 Å². The van der Waals surface area contributed by atoms with Crippen LogP contribution in [0.25, 0.3) is 0 Å². The Labute approximate surface area is 116 Å². The molecule has 0 aliphatic heterocycles. The second-order valence-electron chi connectivity index (χ2n) is 5.25. The lowest BCUT2D eigenvalue weighted by atomic mass is 9.90. The molecule has 1 rings (SSSR count). The van der Waals surface area contributed by atoms with Crippen molar-refractivity contribution in [1.29, 1.82) is 0 Å². The minimum Gasteiger partial charge on any atom is -0.385 e. The van der Waals surface area contributed by atoms with Gasteiger partial charge in [-0.1, -0.05) is 32.0 Å². The van der Waals surface area contributed by atoms with Crippen LogP contribution in [-0.2, 0) is 4.74 Å². The number of methoxy groups -OCH3 is 1. The van der Waals surface area contributed by atoms with Gasteiger partial charge in [0.2, 0.25) is 0 Å². The Kier molecular flexibility index (Phi) is 7.40. The first-order chi connectivity index (χ1) is 8.64. The van der Waals surface area contributed by atoms with Crippen LogP contribution in [-0.4, -0.2) is 32.6 Å². The van der Waals surface area contributed by atoms with Gasteiger partial charge in [-0.15, -0.1) is 11.8 Å². The zero-order valence-corrected chi connectivity index (χ0v) is 12.6. The Hall–Kier alpha value is -0.510. The third-order valence-corrected chi connectivity index (χ3v) is 3.89. The van der Waals surface area contributed by atoms with Crippen LogP contribution < -0.4 is 5.32 Å². The summed E-state index contributed by atoms with van der Waals surface area (Å²) in [5, 5.41) is 3.53. The van der Waals surface area contributed by atoms with Crippen LogP contribution >= 0.6 is 11.8 Å². The Bertz CT molecular complexity index is 314. The molecule has 0 amide bonds. The van der Waals surface area contributed by atoms with E-state index in [4.69, 9.17) is 4.74 Å². The quantitative estimate of drug-likeness (QED) is 0.547. The van der Waals surface area contributed by atoms with Gasteiger partial charge in [-0.25, -0.2) is 0 Å². The number of rotatable bonds is 9. The zero-order chi connectivity index (χ0) is 13.3. The van der Waals surface area contributed by atoms with Crippen molar-refractivity contribution in [2.75, 3.05) is 32.6 Å². The van der Waals surface area contributed by atoms with Crippen molar-refractivity contribution >= 4 is 11.8 Å². The number of thioether (sulfide) groups is 1. The highest BCUT2D eigenvalue weighted by Crippen LogP contribution is 2.19. The molecular weight excluding hydrogens is 242 g/mol. The second-order valence-corrected chi connectivity index (χ2v) is 6.41. The molecule has 0 fully saturated rings. The fraction of sp³-hybridized carbons (Fsp3) is 0.600. The molecule has 1 N–H and O–H groups in total. The minimum absolute atomic E-state index is 0.313. The van der Waals surface area contributed by atoms with Crippen LogP contribution in [0.2, 0.25) is 0 Å². The topological polar surface area (TPSA) is 21.3 Å². The van der Waals surface area contributed by atoms with Gasteiger partial charge in [0, 0.05) is 37.5 Å². The van der Waals surface area contributed by atoms with Crippen LogP contribution in [0.15, 0.2) is 35.2 Å². The summed E-state index contributed by atoms with van der Waals surface area (Å²) in [6.45, 7) is 7.50. The number of hydrogen-bond donors (Lipinski definition) is 1. The molecule has 0 saturated heterocycles. The van der Waals surface area contributed by atoms with Crippen LogP contribution in [0.5, 0.6) is 0 Å². The summed E-state index contributed by atoms with van der Waals surface area (Å²) in [6.07, 6.45) is 1.10. The van der Waals surface area contributed by atoms with Gasteiger partial charge in [-0.2, -0.15) is 0 Å². The van der Waals surface area contributed by atoms with E-state index in [0.717, 1.165) is 31.9 Å². The maximum absolute atomic E-state index is 5.13. The number of hydrogen-bond acceptors (Lipinski definition) is 3. The zero-order valence-electron chi connectivity index (χ0n) is 11.7. The van der Waals surface area contributed by atoms with Gasteiger partial charge in [0.05, 0.1) is 0 Å². The average Bonchev–Trinajstić information content (AvgIpc) is 2.37. The molecule has 0 aromatic heterocycles. The molecule has 102 valence electrons. The summed E-state index contributed by atoms with van der Waals surface area (Å²) in [5.41, 5.74) is 0.313. The Balaban J connectivity index is 2.08. The van der Waals surface area contributed by atoms with E-state index in [0.29, 0.717) is 5.41 Å². The molecule has 0 aliphatic rings. The molecule has 0 saturated carbocycles. The molecule has 0 unspecified atom stereocenters. The van der Waals surface area contributed by atoms with E-state index < -0.39 is 0 Å². The molecule has 0 spiro atoms. The van der Waals surface area contributed by atoms with Gasteiger partial charge in [-0.05, 0) is 24.0 Å².